The van der Waals surface area contributed by atoms with Crippen molar-refractivity contribution in [1.29, 1.82) is 5.26 Å². The van der Waals surface area contributed by atoms with Gasteiger partial charge in [-0.15, -0.1) is 0 Å². The fourth-order valence-corrected chi connectivity index (χ4v) is 2.55. The number of amides is 2. The molecule has 1 aliphatic rings. The van der Waals surface area contributed by atoms with Gasteiger partial charge in [-0.25, -0.2) is 0 Å². The van der Waals surface area contributed by atoms with E-state index in [0.717, 1.165) is 5.56 Å². The lowest BCUT2D eigenvalue weighted by molar-refractivity contribution is -0.129. The molecule has 1 fully saturated rings. The van der Waals surface area contributed by atoms with Crippen molar-refractivity contribution in [3.8, 4) is 6.07 Å². The number of aromatic nitrogens is 2. The van der Waals surface area contributed by atoms with Crippen LogP contribution in [0.25, 0.3) is 0 Å². The zero-order chi connectivity index (χ0) is 16.2. The van der Waals surface area contributed by atoms with Crippen molar-refractivity contribution in [2.75, 3.05) is 6.54 Å². The van der Waals surface area contributed by atoms with Crippen molar-refractivity contribution in [1.82, 2.24) is 20.4 Å². The number of hydrogen-bond acceptors (Lipinski definition) is 4. The largest absolute Gasteiger partial charge is 0.339 e. The average molecular weight is 309 g/mol. The van der Waals surface area contributed by atoms with Crippen LogP contribution in [0.3, 0.4) is 0 Å². The van der Waals surface area contributed by atoms with Crippen LogP contribution in [0.15, 0.2) is 36.5 Å². The van der Waals surface area contributed by atoms with Crippen LogP contribution in [-0.4, -0.2) is 39.5 Å². The first-order valence-electron chi connectivity index (χ1n) is 7.25. The standard InChI is InChI=1S/C16H15N5O2/c17-9-11-1-3-12(4-2-11)10-21-8-6-14(16(21)23)19-15(22)13-5-7-18-20-13/h1-5,7,14H,6,8,10H2,(H,18,20)(H,19,22). The SMILES string of the molecule is N#Cc1ccc(CN2CCC(NC(=O)c3ccn[nH]3)C2=O)cc1. The number of carbonyl (C=O) groups excluding carboxylic acids is 2. The minimum absolute atomic E-state index is 0.0952. The van der Waals surface area contributed by atoms with Crippen LogP contribution in [0.4, 0.5) is 0 Å². The molecule has 0 aliphatic carbocycles. The highest BCUT2D eigenvalue weighted by molar-refractivity contribution is 5.96. The Morgan fingerprint density at radius 1 is 1.39 bits per heavy atom. The second-order valence-electron chi connectivity index (χ2n) is 5.35. The molecule has 7 nitrogen and oxygen atoms in total. The molecule has 1 unspecified atom stereocenters. The second-order valence-corrected chi connectivity index (χ2v) is 5.35. The summed E-state index contributed by atoms with van der Waals surface area (Å²) in [5.41, 5.74) is 1.88. The molecular formula is C16H15N5O2. The fourth-order valence-electron chi connectivity index (χ4n) is 2.55. The topological polar surface area (TPSA) is 102 Å². The summed E-state index contributed by atoms with van der Waals surface area (Å²) in [7, 11) is 0. The lowest BCUT2D eigenvalue weighted by atomic mass is 10.1. The highest BCUT2D eigenvalue weighted by Crippen LogP contribution is 2.16. The smallest absolute Gasteiger partial charge is 0.269 e. The van der Waals surface area contributed by atoms with Gasteiger partial charge in [-0.05, 0) is 30.2 Å². The summed E-state index contributed by atoms with van der Waals surface area (Å²) >= 11 is 0. The van der Waals surface area contributed by atoms with Crippen LogP contribution in [0.5, 0.6) is 0 Å². The Morgan fingerprint density at radius 2 is 2.17 bits per heavy atom. The molecular weight excluding hydrogens is 294 g/mol. The maximum Gasteiger partial charge on any atom is 0.269 e. The molecule has 1 aliphatic heterocycles. The molecule has 1 aromatic heterocycles. The fraction of sp³-hybridized carbons (Fsp3) is 0.250. The molecule has 0 radical (unpaired) electrons. The maximum atomic E-state index is 12.4. The van der Waals surface area contributed by atoms with E-state index in [9.17, 15) is 9.59 Å². The van der Waals surface area contributed by atoms with Gasteiger partial charge in [-0.2, -0.15) is 10.4 Å². The average Bonchev–Trinajstić information content (AvgIpc) is 3.21. The third-order valence-corrected chi connectivity index (χ3v) is 3.80. The van der Waals surface area contributed by atoms with Crippen molar-refractivity contribution in [2.45, 2.75) is 19.0 Å². The molecule has 116 valence electrons. The van der Waals surface area contributed by atoms with Crippen LogP contribution in [0.1, 0.15) is 28.0 Å². The zero-order valence-electron chi connectivity index (χ0n) is 12.3. The van der Waals surface area contributed by atoms with Crippen molar-refractivity contribution in [2.24, 2.45) is 0 Å². The van der Waals surface area contributed by atoms with Gasteiger partial charge in [-0.3, -0.25) is 14.7 Å². The lowest BCUT2D eigenvalue weighted by Crippen LogP contribution is -2.41. The minimum atomic E-state index is -0.510. The number of aromatic amines is 1. The summed E-state index contributed by atoms with van der Waals surface area (Å²) in [5.74, 6) is -0.428. The van der Waals surface area contributed by atoms with Gasteiger partial charge in [0.1, 0.15) is 11.7 Å². The first-order chi connectivity index (χ1) is 11.2. The van der Waals surface area contributed by atoms with Gasteiger partial charge in [0, 0.05) is 19.3 Å². The highest BCUT2D eigenvalue weighted by Gasteiger charge is 2.32. The minimum Gasteiger partial charge on any atom is -0.339 e. The summed E-state index contributed by atoms with van der Waals surface area (Å²) in [5, 5.41) is 17.8. The molecule has 0 spiro atoms. The Hall–Kier alpha value is -3.14. The number of nitrogens with zero attached hydrogens (tertiary/aromatic N) is 3. The van der Waals surface area contributed by atoms with Crippen LogP contribution in [0.2, 0.25) is 0 Å². The number of carbonyl (C=O) groups is 2. The molecule has 0 bridgehead atoms. The van der Waals surface area contributed by atoms with Gasteiger partial charge in [-0.1, -0.05) is 12.1 Å². The number of nitrogens with one attached hydrogen (secondary N) is 2. The van der Waals surface area contributed by atoms with Gasteiger partial charge >= 0.3 is 0 Å². The first-order valence-corrected chi connectivity index (χ1v) is 7.25. The van der Waals surface area contributed by atoms with Gasteiger partial charge in [0.15, 0.2) is 0 Å². The summed E-state index contributed by atoms with van der Waals surface area (Å²) in [6.45, 7) is 1.06. The number of nitriles is 1. The summed E-state index contributed by atoms with van der Waals surface area (Å²) in [6.07, 6.45) is 2.07. The molecule has 23 heavy (non-hydrogen) atoms. The van der Waals surface area contributed by atoms with E-state index >= 15 is 0 Å². The molecule has 2 N–H and O–H groups in total. The number of likely N-dealkylation sites (tertiary alicyclic amines) is 1. The van der Waals surface area contributed by atoms with E-state index in [1.54, 1.807) is 23.1 Å². The van der Waals surface area contributed by atoms with Crippen LogP contribution >= 0.6 is 0 Å². The van der Waals surface area contributed by atoms with E-state index in [1.807, 2.05) is 12.1 Å². The van der Waals surface area contributed by atoms with Crippen LogP contribution in [-0.2, 0) is 11.3 Å². The van der Waals surface area contributed by atoms with Crippen LogP contribution in [0, 0.1) is 11.3 Å². The Kier molecular flexibility index (Phi) is 4.06. The monoisotopic (exact) mass is 309 g/mol. The number of H-pyrrole nitrogens is 1. The van der Waals surface area contributed by atoms with Crippen LogP contribution < -0.4 is 5.32 Å². The Morgan fingerprint density at radius 3 is 2.83 bits per heavy atom. The second kappa shape index (κ2) is 6.32. The zero-order valence-corrected chi connectivity index (χ0v) is 12.3. The predicted octanol–water partition coefficient (Wildman–Crippen LogP) is 0.812. The number of benzene rings is 1. The van der Waals surface area contributed by atoms with Crippen molar-refractivity contribution < 1.29 is 9.59 Å². The molecule has 1 atom stereocenters. The molecule has 3 rings (SSSR count). The molecule has 7 heteroatoms. The van der Waals surface area contributed by atoms with E-state index in [0.29, 0.717) is 30.8 Å². The van der Waals surface area contributed by atoms with E-state index in [2.05, 4.69) is 21.6 Å². The summed E-state index contributed by atoms with van der Waals surface area (Å²) in [6, 6.07) is 10.2. The van der Waals surface area contributed by atoms with E-state index in [4.69, 9.17) is 5.26 Å². The quantitative estimate of drug-likeness (QED) is 0.872. The third kappa shape index (κ3) is 3.21. The van der Waals surface area contributed by atoms with Crippen molar-refractivity contribution in [3.05, 3.63) is 53.3 Å². The Labute approximate surface area is 132 Å². The third-order valence-electron chi connectivity index (χ3n) is 3.80. The lowest BCUT2D eigenvalue weighted by Gasteiger charge is -2.17. The normalized spacial score (nSPS) is 17.1. The predicted molar refractivity (Wildman–Crippen MR) is 81.0 cm³/mol. The van der Waals surface area contributed by atoms with E-state index in [1.165, 1.54) is 6.20 Å². The van der Waals surface area contributed by atoms with Gasteiger partial charge in [0.05, 0.1) is 11.6 Å². The van der Waals surface area contributed by atoms with Gasteiger partial charge in [0.25, 0.3) is 5.91 Å². The molecule has 2 aromatic rings. The molecule has 2 heterocycles. The van der Waals surface area contributed by atoms with E-state index in [-0.39, 0.29) is 11.8 Å². The molecule has 1 aromatic carbocycles. The molecule has 0 saturated carbocycles. The summed E-state index contributed by atoms with van der Waals surface area (Å²) in [4.78, 5) is 26.0. The Balaban J connectivity index is 1.60. The summed E-state index contributed by atoms with van der Waals surface area (Å²) < 4.78 is 0. The number of rotatable bonds is 4. The first kappa shape index (κ1) is 14.8. The van der Waals surface area contributed by atoms with E-state index < -0.39 is 6.04 Å². The van der Waals surface area contributed by atoms with Gasteiger partial charge in [0.2, 0.25) is 5.91 Å². The maximum absolute atomic E-state index is 12.4. The van der Waals surface area contributed by atoms with Crippen molar-refractivity contribution >= 4 is 11.8 Å². The Bertz CT molecular complexity index is 746. The molecule has 2 amide bonds. The highest BCUT2D eigenvalue weighted by atomic mass is 16.2. The van der Waals surface area contributed by atoms with Gasteiger partial charge < -0.3 is 10.2 Å². The number of hydrogen-bond donors (Lipinski definition) is 2. The van der Waals surface area contributed by atoms with Crippen molar-refractivity contribution in [3.63, 3.8) is 0 Å². The molecule has 1 saturated heterocycles.